The highest BCUT2D eigenvalue weighted by Crippen LogP contribution is 2.38. The molecule has 1 aliphatic heterocycles. The molecule has 4 aliphatic rings. The van der Waals surface area contributed by atoms with Crippen LogP contribution in [0.25, 0.3) is 61.3 Å². The fraction of sp³-hybridized carbons (Fsp3) is 0.363. The lowest BCUT2D eigenvalue weighted by Crippen LogP contribution is -2.43. The van der Waals surface area contributed by atoms with Gasteiger partial charge < -0.3 is 34.3 Å². The van der Waals surface area contributed by atoms with Crippen molar-refractivity contribution < 1.29 is 55.2 Å². The highest BCUT2D eigenvalue weighted by molar-refractivity contribution is 8.00. The van der Waals surface area contributed by atoms with Crippen LogP contribution < -0.4 is 19.5 Å². The minimum atomic E-state index is -0.769. The minimum Gasteiger partial charge on any atom is -0.486 e. The number of aliphatic hydroxyl groups excluding tert-OH is 1. The van der Waals surface area contributed by atoms with Crippen molar-refractivity contribution in [2.45, 2.75) is 187 Å². The number of benzene rings is 4. The third-order valence-electron chi connectivity index (χ3n) is 20.8. The number of piperidine rings is 1. The molecule has 1 fully saturated rings. The van der Waals surface area contributed by atoms with E-state index in [2.05, 4.69) is 151 Å². The second kappa shape index (κ2) is 49.8. The molecular formula is C91H100F6N26O6S3. The van der Waals surface area contributed by atoms with Crippen LogP contribution in [-0.2, 0) is 50.6 Å². The van der Waals surface area contributed by atoms with Gasteiger partial charge in [0, 0.05) is 99.7 Å². The van der Waals surface area contributed by atoms with E-state index in [1.165, 1.54) is 41.0 Å². The number of rotatable bonds is 32. The maximum absolute atomic E-state index is 15.2. The van der Waals surface area contributed by atoms with E-state index in [1.54, 1.807) is 89.3 Å². The number of allylic oxidation sites excluding steroid dienone is 3. The average Bonchev–Trinajstić information content (AvgIpc) is 1.38. The van der Waals surface area contributed by atoms with Crippen LogP contribution in [0.3, 0.4) is 0 Å². The number of aliphatic hydroxyl groups is 1. The molecule has 4 aromatic carbocycles. The molecule has 3 aliphatic carbocycles. The first-order chi connectivity index (χ1) is 64.5. The van der Waals surface area contributed by atoms with E-state index in [-0.39, 0.29) is 108 Å². The second-order valence-electron chi connectivity index (χ2n) is 30.5. The Balaban J connectivity index is 0.000000153. The van der Waals surface area contributed by atoms with Crippen molar-refractivity contribution in [3.05, 3.63) is 264 Å². The molecule has 0 radical (unpaired) electrons. The van der Waals surface area contributed by atoms with Gasteiger partial charge in [-0.3, -0.25) is 33.3 Å². The number of carbonyl (C=O) groups is 1. The van der Waals surface area contributed by atoms with Gasteiger partial charge >= 0.3 is 6.09 Å². The minimum absolute atomic E-state index is 0.0477. The molecule has 13 aromatic rings. The zero-order valence-corrected chi connectivity index (χ0v) is 75.6. The third-order valence-corrected chi connectivity index (χ3v) is 24.3. The Bertz CT molecular complexity index is 5980. The summed E-state index contributed by atoms with van der Waals surface area (Å²) in [5.41, 5.74) is 11.6. The first-order valence-electron chi connectivity index (χ1n) is 43.4. The number of nitrogens with one attached hydrogen (secondary N) is 1. The molecule has 17 rings (SSSR count). The molecule has 3 unspecified atom stereocenters. The molecule has 2 N–H and O–H groups in total. The Morgan fingerprint density at radius 2 is 0.917 bits per heavy atom. The van der Waals surface area contributed by atoms with Crippen LogP contribution in [0.2, 0.25) is 0 Å². The monoisotopic (exact) mass is 1860 g/mol. The summed E-state index contributed by atoms with van der Waals surface area (Å²) in [5.74, 6) is -3.01. The van der Waals surface area contributed by atoms with Crippen LogP contribution in [0.15, 0.2) is 216 Å². The Morgan fingerprint density at radius 1 is 0.500 bits per heavy atom. The van der Waals surface area contributed by atoms with E-state index in [1.807, 2.05) is 84.8 Å². The van der Waals surface area contributed by atoms with Gasteiger partial charge in [0.2, 0.25) is 0 Å². The molecule has 41 heteroatoms. The van der Waals surface area contributed by atoms with Crippen LogP contribution in [0.5, 0.6) is 17.2 Å². The van der Waals surface area contributed by atoms with E-state index < -0.39 is 41.0 Å². The molecule has 1 saturated heterocycles. The molecule has 0 spiro atoms. The summed E-state index contributed by atoms with van der Waals surface area (Å²) in [6.45, 7) is 9.40. The Kier molecular flexibility index (Phi) is 36.4. The van der Waals surface area contributed by atoms with Crippen LogP contribution >= 0.6 is 35.3 Å². The molecule has 3 atom stereocenters. The number of ether oxygens (including phenoxy) is 4. The lowest BCUT2D eigenvalue weighted by atomic mass is 10.1. The first kappa shape index (κ1) is 96.5. The van der Waals surface area contributed by atoms with Crippen LogP contribution in [-0.4, -0.2) is 182 Å². The molecule has 9 aromatic heterocycles. The lowest BCUT2D eigenvalue weighted by Gasteiger charge is -2.29. The Labute approximate surface area is 770 Å². The van der Waals surface area contributed by atoms with Crippen molar-refractivity contribution >= 4 is 41.4 Å². The summed E-state index contributed by atoms with van der Waals surface area (Å²) >= 11 is 4.98. The zero-order valence-electron chi connectivity index (χ0n) is 73.1. The fourth-order valence-electron chi connectivity index (χ4n) is 14.0. The third kappa shape index (κ3) is 27.5. The normalized spacial score (nSPS) is 15.2. The SMILES string of the molecule is CCCN=[N+]=[N-].CCCn1cc(-c2cc(F)c(OCc3ccccc3)cc2F)nn1.CCc1nnc(SC2C=CCCC2)n1-c1cccnc1.CN1CCC(NC(=O)OCCn2cc(-c3cc(F)c(OCc4nnc(SC5C=CCCC5)n4-c4cccnc4)cc3F)nn2)CC1.OCCn1cc(-c2cc(F)c(OCc3nnc(SC4C=CCCC4)n3-c3cccnc3)cc2F)nn1. The number of alkyl carbamates (subject to hydrolysis) is 1. The number of halogens is 6. The number of aromatic nitrogens is 21. The van der Waals surface area contributed by atoms with E-state index in [9.17, 15) is 22.4 Å². The van der Waals surface area contributed by atoms with E-state index in [0.717, 1.165) is 154 Å². The maximum atomic E-state index is 15.2. The van der Waals surface area contributed by atoms with Gasteiger partial charge in [-0.1, -0.05) is 150 Å². The second-order valence-corrected chi connectivity index (χ2v) is 34.1. The van der Waals surface area contributed by atoms with Crippen molar-refractivity contribution in [1.82, 2.24) is 114 Å². The van der Waals surface area contributed by atoms with Gasteiger partial charge in [-0.15, -0.1) is 45.9 Å². The number of nitrogens with zero attached hydrogens (tertiary/aromatic N) is 25. The highest BCUT2D eigenvalue weighted by Gasteiger charge is 2.27. The predicted octanol–water partition coefficient (Wildman–Crippen LogP) is 18.1. The van der Waals surface area contributed by atoms with Gasteiger partial charge in [-0.2, -0.15) is 0 Å². The molecule has 1 amide bonds. The number of hydrogen-bond donors (Lipinski definition) is 2. The Hall–Kier alpha value is -13.1. The fourth-order valence-corrected chi connectivity index (χ4v) is 17.5. The predicted molar refractivity (Wildman–Crippen MR) is 487 cm³/mol. The van der Waals surface area contributed by atoms with E-state index >= 15 is 8.78 Å². The quantitative estimate of drug-likeness (QED) is 0.0130. The number of carbonyl (C=O) groups excluding carboxylic acids is 1. The maximum Gasteiger partial charge on any atom is 0.407 e. The molecule has 132 heavy (non-hydrogen) atoms. The highest BCUT2D eigenvalue weighted by atomic mass is 32.2. The molecule has 32 nitrogen and oxygen atoms in total. The summed E-state index contributed by atoms with van der Waals surface area (Å²) < 4.78 is 121. The summed E-state index contributed by atoms with van der Waals surface area (Å²) in [5, 5.41) is 67.8. The summed E-state index contributed by atoms with van der Waals surface area (Å²) in [6, 6.07) is 26.9. The molecule has 690 valence electrons. The topological polar surface area (TPSA) is 361 Å². The summed E-state index contributed by atoms with van der Waals surface area (Å²) in [7, 11) is 2.05. The number of likely N-dealkylation sites (tertiary alicyclic amines) is 1. The van der Waals surface area contributed by atoms with Crippen molar-refractivity contribution in [2.24, 2.45) is 5.11 Å². The van der Waals surface area contributed by atoms with Gasteiger partial charge in [0.15, 0.2) is 61.8 Å². The van der Waals surface area contributed by atoms with Crippen LogP contribution in [0, 0.1) is 34.9 Å². The van der Waals surface area contributed by atoms with Crippen molar-refractivity contribution in [3.8, 4) is 68.1 Å². The van der Waals surface area contributed by atoms with Crippen molar-refractivity contribution in [2.75, 3.05) is 39.9 Å². The van der Waals surface area contributed by atoms with Crippen molar-refractivity contribution in [1.29, 1.82) is 0 Å². The number of hydrogen-bond acceptors (Lipinski definition) is 26. The molecule has 0 bridgehead atoms. The van der Waals surface area contributed by atoms with Crippen LogP contribution in [0.1, 0.15) is 127 Å². The number of amides is 1. The zero-order chi connectivity index (χ0) is 92.3. The standard InChI is InChI=1S/C31H35F2N9O3S.C24H23F2N7O2S.C18H17F2N3O.C15H18N4S.C3H7N3/c1-40-12-9-21(10-13-40)35-31(43)44-15-14-41-19-27(36-39-41)24-16-26(33)28(17-25(24)32)45-20-29-37-38-30(46-23-7-3-2-4-8-23)42(29)22-6-5-11-34-18-22;25-19-12-22(20(26)11-18(19)21-14-32(9-10-34)31-28-21)35-15-23-29-30-24(36-17-6-2-1-3-7-17)33(23)16-5-4-8-27-13-16;1-2-8-23-11-17(21-22-23)14-9-16(20)18(10-15(14)19)24-12-13-6-4-3-5-7-13;1-2-14-17-18-15(20-13-8-4-3-5-9-13)19(14)12-7-6-10-16-11-12;1-2-3-5-6-4/h3,5-7,11,16-19,21,23H,2,4,8-10,12-15,20H2,1H3,(H,35,43);2,4-6,8,11-14,17,34H,1,3,7,9-10,15H2;3-7,9-11H,2,8,12H2,1H3;4,6-8,10-11,13H,2-3,5,9H2,1H3;2-3H2,1H3. The molecule has 0 saturated carbocycles. The van der Waals surface area contributed by atoms with Crippen LogP contribution in [0.4, 0.5) is 31.1 Å². The molecular weight excluding hydrogens is 1760 g/mol. The van der Waals surface area contributed by atoms with Gasteiger partial charge in [0.1, 0.15) is 66.8 Å². The van der Waals surface area contributed by atoms with Gasteiger partial charge in [0.05, 0.1) is 73.9 Å². The number of pyridine rings is 3. The average molecular weight is 1860 g/mol. The Morgan fingerprint density at radius 3 is 1.30 bits per heavy atom. The van der Waals surface area contributed by atoms with E-state index in [0.29, 0.717) is 46.0 Å². The van der Waals surface area contributed by atoms with Crippen molar-refractivity contribution in [3.63, 3.8) is 0 Å². The first-order valence-corrected chi connectivity index (χ1v) is 46.0. The largest absolute Gasteiger partial charge is 0.486 e. The molecule has 10 heterocycles. The van der Waals surface area contributed by atoms with Gasteiger partial charge in [-0.05, 0) is 163 Å². The van der Waals surface area contributed by atoms with Gasteiger partial charge in [0.25, 0.3) is 0 Å². The van der Waals surface area contributed by atoms with Gasteiger partial charge in [-0.25, -0.2) is 40.5 Å². The van der Waals surface area contributed by atoms with E-state index in [4.69, 9.17) is 29.6 Å². The summed E-state index contributed by atoms with van der Waals surface area (Å²) in [4.78, 5) is 29.5. The number of thioether (sulfide) groups is 3. The number of aryl methyl sites for hydroxylation is 2. The smallest absolute Gasteiger partial charge is 0.407 e. The number of azide groups is 1. The summed E-state index contributed by atoms with van der Waals surface area (Å²) in [6.07, 6.45) is 42.2. The lowest BCUT2D eigenvalue weighted by molar-refractivity contribution is 0.130.